The van der Waals surface area contributed by atoms with Crippen LogP contribution in [0.25, 0.3) is 0 Å². The molecule has 1 heterocycles. The molecule has 1 saturated heterocycles. The van der Waals surface area contributed by atoms with Crippen LogP contribution < -0.4 is 10.6 Å². The van der Waals surface area contributed by atoms with E-state index >= 15 is 0 Å². The predicted octanol–water partition coefficient (Wildman–Crippen LogP) is 5.48. The van der Waals surface area contributed by atoms with E-state index in [0.717, 1.165) is 16.7 Å². The summed E-state index contributed by atoms with van der Waals surface area (Å²) in [6, 6.07) is 4.92. The maximum Gasteiger partial charge on any atom is 0.0722 e. The molecule has 3 rings (SSSR count). The van der Waals surface area contributed by atoms with Crippen molar-refractivity contribution < 1.29 is 0 Å². The monoisotopic (exact) mass is 390 g/mol. The van der Waals surface area contributed by atoms with Crippen LogP contribution >= 0.6 is 39.1 Å². The molecule has 0 aromatic heterocycles. The molecule has 0 spiro atoms. The normalized spacial score (nSPS) is 29.6. The fourth-order valence-corrected chi connectivity index (χ4v) is 5.08. The molecule has 2 nitrogen and oxygen atoms in total. The third-order valence-corrected chi connectivity index (χ3v) is 5.83. The maximum atomic E-state index is 6.35. The highest BCUT2D eigenvalue weighted by molar-refractivity contribution is 9.10. The van der Waals surface area contributed by atoms with Crippen LogP contribution in [0.1, 0.15) is 38.5 Å². The second-order valence-corrected chi connectivity index (χ2v) is 7.88. The quantitative estimate of drug-likeness (QED) is 0.712. The van der Waals surface area contributed by atoms with Gasteiger partial charge in [0.1, 0.15) is 0 Å². The lowest BCUT2D eigenvalue weighted by molar-refractivity contribution is 0.286. The molecule has 1 aliphatic carbocycles. The first-order chi connectivity index (χ1) is 10.1. The Morgan fingerprint density at radius 1 is 1.05 bits per heavy atom. The Balaban J connectivity index is 1.74. The number of benzene rings is 1. The fourth-order valence-electron chi connectivity index (χ4n) is 3.76. The molecule has 2 fully saturated rings. The van der Waals surface area contributed by atoms with Crippen molar-refractivity contribution >= 4 is 44.8 Å². The van der Waals surface area contributed by atoms with Gasteiger partial charge in [-0.1, -0.05) is 52.0 Å². The van der Waals surface area contributed by atoms with E-state index in [2.05, 4.69) is 26.6 Å². The number of nitrogens with one attached hydrogen (secondary N) is 2. The molecule has 3 unspecified atom stereocenters. The summed E-state index contributed by atoms with van der Waals surface area (Å²) in [7, 11) is 0. The molecule has 3 atom stereocenters. The molecule has 1 saturated carbocycles. The average molecular weight is 392 g/mol. The van der Waals surface area contributed by atoms with Crippen molar-refractivity contribution in [3.8, 4) is 0 Å². The Bertz CT molecular complexity index is 480. The zero-order valence-corrected chi connectivity index (χ0v) is 15.1. The van der Waals surface area contributed by atoms with Gasteiger partial charge in [0.25, 0.3) is 0 Å². The van der Waals surface area contributed by atoms with Crippen molar-refractivity contribution in [2.24, 2.45) is 5.92 Å². The molecule has 1 aliphatic heterocycles. The minimum absolute atomic E-state index is 0.469. The Morgan fingerprint density at radius 2 is 1.81 bits per heavy atom. The molecule has 116 valence electrons. The van der Waals surface area contributed by atoms with Gasteiger partial charge in [0, 0.05) is 16.6 Å². The highest BCUT2D eigenvalue weighted by Gasteiger charge is 2.34. The van der Waals surface area contributed by atoms with Crippen molar-refractivity contribution in [2.75, 3.05) is 11.9 Å². The number of halogens is 3. The van der Waals surface area contributed by atoms with Gasteiger partial charge in [-0.15, -0.1) is 0 Å². The smallest absolute Gasteiger partial charge is 0.0722 e. The number of hydrogen-bond acceptors (Lipinski definition) is 2. The highest BCUT2D eigenvalue weighted by Crippen LogP contribution is 2.39. The summed E-state index contributed by atoms with van der Waals surface area (Å²) in [5, 5.41) is 8.71. The van der Waals surface area contributed by atoms with E-state index in [9.17, 15) is 0 Å². The van der Waals surface area contributed by atoms with E-state index in [1.807, 2.05) is 12.1 Å². The van der Waals surface area contributed by atoms with Gasteiger partial charge in [0.15, 0.2) is 0 Å². The lowest BCUT2D eigenvalue weighted by Crippen LogP contribution is -2.44. The molecule has 2 N–H and O–H groups in total. The van der Waals surface area contributed by atoms with Crippen LogP contribution in [-0.4, -0.2) is 18.6 Å². The molecule has 0 radical (unpaired) electrons. The van der Waals surface area contributed by atoms with Crippen molar-refractivity contribution in [3.63, 3.8) is 0 Å². The van der Waals surface area contributed by atoms with Crippen LogP contribution in [0.4, 0.5) is 5.69 Å². The topological polar surface area (TPSA) is 24.1 Å². The summed E-state index contributed by atoms with van der Waals surface area (Å²) in [6.45, 7) is 1.16. The SMILES string of the molecule is Clc1cc(Br)cc(Cl)c1NC1CCCC1C1CCCCN1. The molecule has 21 heavy (non-hydrogen) atoms. The number of anilines is 1. The van der Waals surface area contributed by atoms with Gasteiger partial charge in [-0.05, 0) is 50.3 Å². The Labute approximate surface area is 145 Å². The van der Waals surface area contributed by atoms with Crippen molar-refractivity contribution in [2.45, 2.75) is 50.6 Å². The first-order valence-electron chi connectivity index (χ1n) is 7.79. The van der Waals surface area contributed by atoms with Gasteiger partial charge in [0.05, 0.1) is 15.7 Å². The third kappa shape index (κ3) is 3.69. The van der Waals surface area contributed by atoms with Crippen LogP contribution in [0.2, 0.25) is 10.0 Å². The first kappa shape index (κ1) is 15.9. The predicted molar refractivity (Wildman–Crippen MR) is 94.6 cm³/mol. The maximum absolute atomic E-state index is 6.35. The number of hydrogen-bond donors (Lipinski definition) is 2. The van der Waals surface area contributed by atoms with Crippen LogP contribution in [0.15, 0.2) is 16.6 Å². The van der Waals surface area contributed by atoms with Crippen LogP contribution in [0.3, 0.4) is 0 Å². The molecule has 1 aromatic rings. The van der Waals surface area contributed by atoms with E-state index in [0.29, 0.717) is 28.0 Å². The zero-order valence-electron chi connectivity index (χ0n) is 12.0. The van der Waals surface area contributed by atoms with Crippen molar-refractivity contribution in [1.29, 1.82) is 0 Å². The summed E-state index contributed by atoms with van der Waals surface area (Å²) in [5.74, 6) is 0.682. The van der Waals surface area contributed by atoms with E-state index in [4.69, 9.17) is 23.2 Å². The summed E-state index contributed by atoms with van der Waals surface area (Å²) in [6.07, 6.45) is 7.73. The Morgan fingerprint density at radius 3 is 2.48 bits per heavy atom. The van der Waals surface area contributed by atoms with Crippen molar-refractivity contribution in [1.82, 2.24) is 5.32 Å². The third-order valence-electron chi connectivity index (χ3n) is 4.77. The lowest BCUT2D eigenvalue weighted by Gasteiger charge is -2.33. The Kier molecular flexibility index (Phi) is 5.36. The van der Waals surface area contributed by atoms with Gasteiger partial charge < -0.3 is 10.6 Å². The molecule has 2 aliphatic rings. The van der Waals surface area contributed by atoms with Gasteiger partial charge >= 0.3 is 0 Å². The Hall–Kier alpha value is 0.0400. The summed E-state index contributed by atoms with van der Waals surface area (Å²) in [4.78, 5) is 0. The summed E-state index contributed by atoms with van der Waals surface area (Å²) < 4.78 is 0.917. The molecule has 0 bridgehead atoms. The molecule has 0 amide bonds. The van der Waals surface area contributed by atoms with Gasteiger partial charge in [-0.3, -0.25) is 0 Å². The second-order valence-electron chi connectivity index (χ2n) is 6.15. The van der Waals surface area contributed by atoms with Crippen LogP contribution in [-0.2, 0) is 0 Å². The molecular formula is C16H21BrCl2N2. The van der Waals surface area contributed by atoms with Crippen LogP contribution in [0, 0.1) is 5.92 Å². The zero-order chi connectivity index (χ0) is 14.8. The van der Waals surface area contributed by atoms with Crippen molar-refractivity contribution in [3.05, 3.63) is 26.7 Å². The van der Waals surface area contributed by atoms with E-state index in [-0.39, 0.29) is 0 Å². The number of rotatable bonds is 3. The minimum Gasteiger partial charge on any atom is -0.380 e. The second kappa shape index (κ2) is 7.08. The average Bonchev–Trinajstić information content (AvgIpc) is 2.92. The van der Waals surface area contributed by atoms with Gasteiger partial charge in [-0.25, -0.2) is 0 Å². The van der Waals surface area contributed by atoms with Crippen LogP contribution in [0.5, 0.6) is 0 Å². The molecule has 1 aromatic carbocycles. The largest absolute Gasteiger partial charge is 0.380 e. The molecule has 5 heteroatoms. The van der Waals surface area contributed by atoms with Gasteiger partial charge in [0.2, 0.25) is 0 Å². The lowest BCUT2D eigenvalue weighted by atomic mass is 9.88. The number of piperidine rings is 1. The van der Waals surface area contributed by atoms with E-state index < -0.39 is 0 Å². The summed E-state index contributed by atoms with van der Waals surface area (Å²) >= 11 is 16.1. The minimum atomic E-state index is 0.469. The fraction of sp³-hybridized carbons (Fsp3) is 0.625. The first-order valence-corrected chi connectivity index (χ1v) is 9.34. The standard InChI is InChI=1S/C16H21BrCl2N2/c17-10-8-12(18)16(13(19)9-10)21-15-6-3-4-11(15)14-5-1-2-7-20-14/h8-9,11,14-15,20-21H,1-7H2. The molecular weight excluding hydrogens is 371 g/mol. The highest BCUT2D eigenvalue weighted by atomic mass is 79.9. The van der Waals surface area contributed by atoms with E-state index in [1.165, 1.54) is 38.5 Å². The summed E-state index contributed by atoms with van der Waals surface area (Å²) in [5.41, 5.74) is 0.884. The van der Waals surface area contributed by atoms with Gasteiger partial charge in [-0.2, -0.15) is 0 Å². The van der Waals surface area contributed by atoms with E-state index in [1.54, 1.807) is 0 Å².